The van der Waals surface area contributed by atoms with Crippen LogP contribution in [0.4, 0.5) is 0 Å². The Bertz CT molecular complexity index is 3810. The van der Waals surface area contributed by atoms with Gasteiger partial charge in [-0.25, -0.2) is 4.98 Å². The molecule has 2 saturated heterocycles. The van der Waals surface area contributed by atoms with Crippen LogP contribution >= 0.6 is 7.82 Å². The number of fused-ring (bicyclic) bond motifs is 7. The number of nitrogens with one attached hydrogen (secondary N) is 1. The summed E-state index contributed by atoms with van der Waals surface area (Å²) in [7, 11) is -9.98. The Morgan fingerprint density at radius 3 is 1.93 bits per heavy atom. The number of aliphatic imine (C=N–C) groups is 2. The Kier molecular flexibility index (Phi) is 26.9. The van der Waals surface area contributed by atoms with Gasteiger partial charge in [0, 0.05) is 98.6 Å². The molecule has 6 aliphatic rings. The van der Waals surface area contributed by atoms with Crippen LogP contribution in [0.1, 0.15) is 150 Å². The van der Waals surface area contributed by atoms with Crippen LogP contribution in [0.15, 0.2) is 63.3 Å². The van der Waals surface area contributed by atoms with Gasteiger partial charge in [0.05, 0.1) is 47.9 Å². The Morgan fingerprint density at radius 2 is 1.39 bits per heavy atom. The number of carbonyl (C=O) groups is 7. The molecule has 1 aromatic carbocycles. The molecule has 1 aromatic heterocycles. The van der Waals surface area contributed by atoms with Gasteiger partial charge in [0.15, 0.2) is 23.7 Å². The quantitative estimate of drug-likeness (QED) is 0.0356. The number of hydrogen-bond donors (Lipinski definition) is 11. The molecule has 8 bridgehead atoms. The van der Waals surface area contributed by atoms with Crippen LogP contribution < -0.4 is 44.6 Å². The van der Waals surface area contributed by atoms with Gasteiger partial charge in [-0.05, 0) is 107 Å². The van der Waals surface area contributed by atoms with E-state index < -0.39 is 154 Å². The van der Waals surface area contributed by atoms with E-state index in [0.29, 0.717) is 50.7 Å². The summed E-state index contributed by atoms with van der Waals surface area (Å²) in [5.41, 5.74) is 36.8. The zero-order valence-electron chi connectivity index (χ0n) is 56.6. The van der Waals surface area contributed by atoms with Crippen molar-refractivity contribution in [1.82, 2.24) is 14.9 Å². The molecule has 7 amide bonds. The van der Waals surface area contributed by atoms with Gasteiger partial charge in [-0.3, -0.25) is 57.2 Å². The number of nitrogens with zero attached hydrogens (tertiary/aromatic N) is 6. The van der Waals surface area contributed by atoms with Gasteiger partial charge in [0.2, 0.25) is 41.4 Å². The minimum atomic E-state index is -5.32. The number of phosphoric ester groups is 1. The molecule has 15 atom stereocenters. The van der Waals surface area contributed by atoms with E-state index in [-0.39, 0.29) is 105 Å². The monoisotopic (exact) mass is 1460 g/mol. The topological polar surface area (TPSA) is 592 Å². The van der Waals surface area contributed by atoms with Crippen LogP contribution in [-0.2, 0) is 79.1 Å². The van der Waals surface area contributed by atoms with Gasteiger partial charge < -0.3 is 89.4 Å². The maximum Gasteiger partial charge on any atom is 3.00 e. The molecule has 20 N–H and O–H groups in total. The van der Waals surface area contributed by atoms with Crippen LogP contribution in [0.25, 0.3) is 16.4 Å². The summed E-state index contributed by atoms with van der Waals surface area (Å²) in [5.74, 6) is -7.21. The molecule has 0 saturated carbocycles. The average Bonchev–Trinajstić information content (AvgIpc) is 1.44. The van der Waals surface area contributed by atoms with Crippen LogP contribution in [-0.4, -0.2) is 166 Å². The molecule has 8 rings (SSSR count). The number of allylic oxidation sites excluding steroid dienone is 4. The van der Waals surface area contributed by atoms with Gasteiger partial charge >= 0.3 is 27.2 Å². The minimum Gasteiger partial charge on any atom is -0.870 e. The summed E-state index contributed by atoms with van der Waals surface area (Å²) in [6, 6.07) is 2.67. The number of aliphatic hydroxyl groups excluding tert-OH is 2. The fourth-order valence-corrected chi connectivity index (χ4v) is 16.5. The summed E-state index contributed by atoms with van der Waals surface area (Å²) in [6.45, 7) is 19.1. The minimum absolute atomic E-state index is 0. The second-order valence-electron chi connectivity index (χ2n) is 27.5. The van der Waals surface area contributed by atoms with Crippen LogP contribution in [0.3, 0.4) is 0 Å². The first-order valence-corrected chi connectivity index (χ1v) is 34.1. The van der Waals surface area contributed by atoms with Crippen LogP contribution in [0.2, 0.25) is 0 Å². The first kappa shape index (κ1) is 83.7. The Morgan fingerprint density at radius 1 is 0.837 bits per heavy atom. The molecule has 1 unspecified atom stereocenters. The van der Waals surface area contributed by atoms with E-state index >= 15 is 0 Å². The van der Waals surface area contributed by atoms with E-state index in [9.17, 15) is 53.2 Å². The normalized spacial score (nSPS) is 31.3. The zero-order chi connectivity index (χ0) is 71.2. The third-order valence-electron chi connectivity index (χ3n) is 20.6. The van der Waals surface area contributed by atoms with Crippen molar-refractivity contribution in [2.45, 2.75) is 195 Å². The summed E-state index contributed by atoms with van der Waals surface area (Å²) < 4.78 is 65.4. The molecule has 36 heteroatoms. The predicted molar refractivity (Wildman–Crippen MR) is 351 cm³/mol. The molecule has 2 aromatic rings. The summed E-state index contributed by atoms with van der Waals surface area (Å²) in [5, 5.41) is 30.1. The van der Waals surface area contributed by atoms with Crippen molar-refractivity contribution in [3.63, 3.8) is 0 Å². The Hall–Kier alpha value is -6.70. The second kappa shape index (κ2) is 31.5. The van der Waals surface area contributed by atoms with E-state index in [0.717, 1.165) is 11.1 Å². The second-order valence-corrected chi connectivity index (χ2v) is 29.7. The van der Waals surface area contributed by atoms with Crippen molar-refractivity contribution in [1.29, 1.82) is 0 Å². The van der Waals surface area contributed by atoms with Crippen molar-refractivity contribution in [3.05, 3.63) is 69.7 Å². The number of primary amides is 6. The van der Waals surface area contributed by atoms with Crippen molar-refractivity contribution in [2.75, 3.05) is 13.2 Å². The number of aryl methyl sites for hydroxylation is 2. The van der Waals surface area contributed by atoms with Gasteiger partial charge in [0.1, 0.15) is 24.0 Å². The van der Waals surface area contributed by atoms with Gasteiger partial charge in [-0.2, -0.15) is 18.7 Å². The van der Waals surface area contributed by atoms with Crippen LogP contribution in [0, 0.1) is 53.8 Å². The first-order valence-electron chi connectivity index (χ1n) is 31.2. The van der Waals surface area contributed by atoms with E-state index in [1.807, 2.05) is 91.3 Å². The molecular weight excluding hydrogens is 1370 g/mol. The number of phosphoric acid groups is 1. The number of carbonyl (C=O) groups excluding carboxylic acids is 7. The Labute approximate surface area is 578 Å². The number of benzene rings is 1. The number of ether oxygens (including phenoxy) is 1. The molecule has 0 aliphatic carbocycles. The van der Waals surface area contributed by atoms with E-state index in [4.69, 9.17) is 81.0 Å². The zero-order valence-corrected chi connectivity index (χ0v) is 59.4. The van der Waals surface area contributed by atoms with Gasteiger partial charge in [-0.1, -0.05) is 33.7 Å². The Balaban J connectivity index is 0.00000246. The fourth-order valence-electron chi connectivity index (χ4n) is 15.4. The molecule has 0 radical (unpaired) electrons. The molecule has 546 valence electrons. The molecular formula is C62H94CoN13O20PS+. The molecule has 2 fully saturated rings. The number of amides is 7. The maximum absolute atomic E-state index is 14.4. The van der Waals surface area contributed by atoms with E-state index in [1.165, 1.54) is 17.8 Å². The van der Waals surface area contributed by atoms with Gasteiger partial charge in [-0.15, -0.1) is 0 Å². The average molecular weight is 1460 g/mol. The molecule has 6 aliphatic heterocycles. The van der Waals surface area contributed by atoms with Crippen molar-refractivity contribution in [2.24, 2.45) is 84.3 Å². The van der Waals surface area contributed by atoms with Crippen LogP contribution in [0.5, 0.6) is 0 Å². The standard InChI is InChI=1S/C62H90N13O14P.Co.H2O4S.2H2O/c1-30-20-40-41(21-31(30)2)74(29-70-40)57-53(84)54(42(28-76)87-57)89-90(85,86)88-32(3)26-69-50(83)18-19-59(8)39(23-47(66)80)56-62(11)60(9,24-48(67)81)38(14-17-46(65)79)52(73-62)34(5)75-27-35(36(12-15-44(63)77)61(75,10)25-49(68)82)22-43-58(6,7)37(13-16-45(64)78)51(71-43)33(4)55(59)72-56;;1-5(2,3)4;;/h20-22,27,29,32,36-39,42,53-54,56-57,76,84H,12-19,23-26,28H2,1-11H3,(H14-,63,64,65,66,67,68,69,71,72,73,77,78,79,80,81,82,83,85,86);;(H2,1,2,3,4);2*1H2/q;+3;;;/p-2/t32-,36-,37-,38-,39+,42-,53-,54-,56-,57+,59-,60+,61+,62+;;;;/m1..../s1. The fraction of sp³-hybridized carbons (Fsp3) is 0.629. The largest absolute Gasteiger partial charge is 3.00 e. The third-order valence-corrected chi connectivity index (χ3v) is 21.7. The summed E-state index contributed by atoms with van der Waals surface area (Å²) in [6.07, 6.45) is -2.64. The molecule has 0 spiro atoms. The first-order chi connectivity index (χ1) is 43.8. The number of nitrogens with two attached hydrogens (primary N) is 6. The molecule has 7 heterocycles. The van der Waals surface area contributed by atoms with Crippen molar-refractivity contribution >= 4 is 87.7 Å². The van der Waals surface area contributed by atoms with Crippen molar-refractivity contribution in [3.8, 4) is 0 Å². The SMILES string of the molecule is CC1=[N+]2C=C(/C=C3N=C(/C(C)=C4\[N-][C@H]([C@H](CC(N)=O)[C@@]4(C)CCC(=O)NC[C@@H](C)OP(=O)([O-])O[C@H]4[C@@H](O)[C@@H](n5cnc6cc(C)c(C)cc65)O[C@@H]4CO)[C@]4(C)N=C1[C@@H](CCC(N)=O)[C@]4(C)CC(N)=O)[C@@H](CCC(N)=O)C\3(C)C)[C@@H](CCC(N)=O)[C@]2(C)CC(N)=O.O.O=S(=O)(O)O.[Co+3].[OH-]. The third kappa shape index (κ3) is 17.4. The number of aromatic nitrogens is 2. The number of hydrogen-bond acceptors (Lipinski definition) is 20. The maximum atomic E-state index is 14.4. The number of rotatable bonds is 26. The van der Waals surface area contributed by atoms with E-state index in [2.05, 4.69) is 10.3 Å². The predicted octanol–water partition coefficient (Wildman–Crippen LogP) is 1.05. The van der Waals surface area contributed by atoms with E-state index in [1.54, 1.807) is 6.92 Å². The van der Waals surface area contributed by atoms with Gasteiger partial charge in [0.25, 0.3) is 7.82 Å². The summed E-state index contributed by atoms with van der Waals surface area (Å²) >= 11 is 0. The van der Waals surface area contributed by atoms with Crippen molar-refractivity contribution < 1.29 is 117 Å². The number of aliphatic hydroxyl groups is 2. The molecule has 98 heavy (non-hydrogen) atoms. The molecule has 33 nitrogen and oxygen atoms in total. The smallest absolute Gasteiger partial charge is 0.870 e. The number of imidazole rings is 1. The summed E-state index contributed by atoms with van der Waals surface area (Å²) in [4.78, 5) is 123.